The molecule has 0 radical (unpaired) electrons. The number of hydrogen-bond donors (Lipinski definition) is 1. The van der Waals surface area contributed by atoms with Gasteiger partial charge in [-0.25, -0.2) is 8.42 Å². The molecular formula is C20H24N2O4S. The van der Waals surface area contributed by atoms with Gasteiger partial charge in [0.25, 0.3) is 0 Å². The van der Waals surface area contributed by atoms with Crippen LogP contribution in [0.3, 0.4) is 0 Å². The van der Waals surface area contributed by atoms with E-state index in [0.29, 0.717) is 18.3 Å². The molecule has 0 aromatic heterocycles. The number of benzene rings is 2. The van der Waals surface area contributed by atoms with Crippen LogP contribution in [-0.2, 0) is 21.2 Å². The number of nitrogens with one attached hydrogen (secondary N) is 1. The molecule has 1 amide bonds. The third-order valence-corrected chi connectivity index (χ3v) is 5.67. The van der Waals surface area contributed by atoms with Gasteiger partial charge >= 0.3 is 0 Å². The Hall–Kier alpha value is -2.38. The lowest BCUT2D eigenvalue weighted by molar-refractivity contribution is -0.117. The van der Waals surface area contributed by atoms with Gasteiger partial charge in [0.15, 0.2) is 9.84 Å². The Morgan fingerprint density at radius 1 is 1.15 bits per heavy atom. The first-order valence-corrected chi connectivity index (χ1v) is 10.7. The maximum atomic E-state index is 12.6. The summed E-state index contributed by atoms with van der Waals surface area (Å²) in [5.41, 5.74) is 1.43. The van der Waals surface area contributed by atoms with E-state index in [1.54, 1.807) is 25.3 Å². The molecule has 6 nitrogen and oxygen atoms in total. The summed E-state index contributed by atoms with van der Waals surface area (Å²) in [5.74, 6) is 0.582. The standard InChI is InChI=1S/C20H24N2O4S/c1-26-17-11-7-15(8-12-17)13-22(16-9-10-16)14-20(23)21-18-5-3-4-6-19(18)27(2,24)25/h3-8,11-12,16H,9-10,13-14H2,1-2H3,(H,21,23). The minimum absolute atomic E-state index is 0.131. The topological polar surface area (TPSA) is 75.7 Å². The lowest BCUT2D eigenvalue weighted by Crippen LogP contribution is -2.34. The number of nitrogens with zero attached hydrogens (tertiary/aromatic N) is 1. The first-order chi connectivity index (χ1) is 12.9. The molecule has 0 bridgehead atoms. The summed E-state index contributed by atoms with van der Waals surface area (Å²) in [4.78, 5) is 14.8. The number of rotatable bonds is 8. The zero-order valence-corrected chi connectivity index (χ0v) is 16.3. The van der Waals surface area contributed by atoms with Crippen LogP contribution in [0.2, 0.25) is 0 Å². The number of amides is 1. The van der Waals surface area contributed by atoms with Crippen LogP contribution in [0.5, 0.6) is 5.75 Å². The van der Waals surface area contributed by atoms with E-state index < -0.39 is 9.84 Å². The third kappa shape index (κ3) is 5.30. The molecule has 0 atom stereocenters. The summed E-state index contributed by atoms with van der Waals surface area (Å²) in [6.45, 7) is 0.880. The summed E-state index contributed by atoms with van der Waals surface area (Å²) in [6, 6.07) is 14.7. The van der Waals surface area contributed by atoms with Crippen molar-refractivity contribution in [3.05, 3.63) is 54.1 Å². The Balaban J connectivity index is 1.68. The molecule has 27 heavy (non-hydrogen) atoms. The van der Waals surface area contributed by atoms with Crippen LogP contribution in [0.4, 0.5) is 5.69 Å². The van der Waals surface area contributed by atoms with Gasteiger partial charge in [0.1, 0.15) is 5.75 Å². The number of anilines is 1. The maximum Gasteiger partial charge on any atom is 0.238 e. The molecule has 0 spiro atoms. The minimum atomic E-state index is -3.41. The SMILES string of the molecule is COc1ccc(CN(CC(=O)Nc2ccccc2S(C)(=O)=O)C2CC2)cc1. The lowest BCUT2D eigenvalue weighted by atomic mass is 10.2. The van der Waals surface area contributed by atoms with Crippen molar-refractivity contribution in [1.29, 1.82) is 0 Å². The fourth-order valence-corrected chi connectivity index (χ4v) is 3.83. The smallest absolute Gasteiger partial charge is 0.238 e. The molecule has 2 aromatic rings. The molecular weight excluding hydrogens is 364 g/mol. The maximum absolute atomic E-state index is 12.6. The number of carbonyl (C=O) groups is 1. The van der Waals surface area contributed by atoms with E-state index in [2.05, 4.69) is 10.2 Å². The third-order valence-electron chi connectivity index (χ3n) is 4.52. The highest BCUT2D eigenvalue weighted by Crippen LogP contribution is 2.29. The molecule has 0 aliphatic heterocycles. The van der Waals surface area contributed by atoms with Gasteiger partial charge in [0, 0.05) is 18.8 Å². The predicted octanol–water partition coefficient (Wildman–Crippen LogP) is 2.70. The first kappa shape index (κ1) is 19.4. The zero-order valence-electron chi connectivity index (χ0n) is 15.5. The van der Waals surface area contributed by atoms with E-state index in [-0.39, 0.29) is 17.3 Å². The van der Waals surface area contributed by atoms with Gasteiger partial charge in [0.2, 0.25) is 5.91 Å². The van der Waals surface area contributed by atoms with Gasteiger partial charge in [-0.15, -0.1) is 0 Å². The Bertz CT molecular complexity index is 906. The molecule has 1 aliphatic carbocycles. The van der Waals surface area contributed by atoms with Crippen LogP contribution in [0.25, 0.3) is 0 Å². The summed E-state index contributed by atoms with van der Waals surface area (Å²) < 4.78 is 29.0. The highest BCUT2D eigenvalue weighted by atomic mass is 32.2. The fraction of sp³-hybridized carbons (Fsp3) is 0.350. The number of methoxy groups -OCH3 is 1. The van der Waals surface area contributed by atoms with Crippen LogP contribution >= 0.6 is 0 Å². The van der Waals surface area contributed by atoms with Gasteiger partial charge in [-0.05, 0) is 42.7 Å². The van der Waals surface area contributed by atoms with Crippen molar-refractivity contribution in [2.75, 3.05) is 25.2 Å². The Morgan fingerprint density at radius 2 is 1.81 bits per heavy atom. The molecule has 1 saturated carbocycles. The van der Waals surface area contributed by atoms with E-state index in [1.165, 1.54) is 6.07 Å². The molecule has 144 valence electrons. The molecule has 2 aromatic carbocycles. The van der Waals surface area contributed by atoms with Gasteiger partial charge in [-0.3, -0.25) is 9.69 Å². The van der Waals surface area contributed by atoms with E-state index in [9.17, 15) is 13.2 Å². The molecule has 1 N–H and O–H groups in total. The van der Waals surface area contributed by atoms with Crippen LogP contribution in [0, 0.1) is 0 Å². The van der Waals surface area contributed by atoms with E-state index in [0.717, 1.165) is 30.4 Å². The van der Waals surface area contributed by atoms with Crippen molar-refractivity contribution in [2.45, 2.75) is 30.3 Å². The molecule has 1 fully saturated rings. The van der Waals surface area contributed by atoms with Crippen LogP contribution in [0.1, 0.15) is 18.4 Å². The minimum Gasteiger partial charge on any atom is -0.497 e. The van der Waals surface area contributed by atoms with Crippen molar-refractivity contribution in [1.82, 2.24) is 4.90 Å². The highest BCUT2D eigenvalue weighted by Gasteiger charge is 2.30. The van der Waals surface area contributed by atoms with Crippen molar-refractivity contribution < 1.29 is 17.9 Å². The average Bonchev–Trinajstić information content (AvgIpc) is 3.46. The summed E-state index contributed by atoms with van der Waals surface area (Å²) in [6.07, 6.45) is 3.28. The Morgan fingerprint density at radius 3 is 2.41 bits per heavy atom. The molecule has 0 unspecified atom stereocenters. The van der Waals surface area contributed by atoms with E-state index in [4.69, 9.17) is 4.74 Å². The lowest BCUT2D eigenvalue weighted by Gasteiger charge is -2.22. The van der Waals surface area contributed by atoms with Gasteiger partial charge in [-0.1, -0.05) is 24.3 Å². The quantitative estimate of drug-likeness (QED) is 0.753. The fourth-order valence-electron chi connectivity index (χ4n) is 2.99. The van der Waals surface area contributed by atoms with E-state index in [1.807, 2.05) is 24.3 Å². The number of hydrogen-bond acceptors (Lipinski definition) is 5. The predicted molar refractivity (Wildman–Crippen MR) is 105 cm³/mol. The zero-order chi connectivity index (χ0) is 19.4. The number of ether oxygens (including phenoxy) is 1. The summed E-state index contributed by atoms with van der Waals surface area (Å²) >= 11 is 0. The van der Waals surface area contributed by atoms with Gasteiger partial charge < -0.3 is 10.1 Å². The Labute approximate surface area is 160 Å². The second-order valence-corrected chi connectivity index (χ2v) is 8.78. The summed E-state index contributed by atoms with van der Waals surface area (Å²) in [5, 5.41) is 2.75. The second-order valence-electron chi connectivity index (χ2n) is 6.80. The van der Waals surface area contributed by atoms with Crippen LogP contribution < -0.4 is 10.1 Å². The largest absolute Gasteiger partial charge is 0.497 e. The first-order valence-electron chi connectivity index (χ1n) is 8.83. The second kappa shape index (κ2) is 8.10. The highest BCUT2D eigenvalue weighted by molar-refractivity contribution is 7.90. The number of para-hydroxylation sites is 1. The van der Waals surface area contributed by atoms with Gasteiger partial charge in [0.05, 0.1) is 24.2 Å². The molecule has 3 rings (SSSR count). The van der Waals surface area contributed by atoms with Crippen molar-refractivity contribution >= 4 is 21.4 Å². The van der Waals surface area contributed by atoms with Gasteiger partial charge in [-0.2, -0.15) is 0 Å². The molecule has 1 aliphatic rings. The number of sulfone groups is 1. The molecule has 0 saturated heterocycles. The number of carbonyl (C=O) groups excluding carboxylic acids is 1. The van der Waals surface area contributed by atoms with E-state index >= 15 is 0 Å². The van der Waals surface area contributed by atoms with Crippen molar-refractivity contribution in [3.63, 3.8) is 0 Å². The normalized spacial score (nSPS) is 14.2. The van der Waals surface area contributed by atoms with Crippen molar-refractivity contribution in [3.8, 4) is 5.75 Å². The molecule has 0 heterocycles. The summed E-state index contributed by atoms with van der Waals surface area (Å²) in [7, 11) is -1.78. The monoisotopic (exact) mass is 388 g/mol. The Kier molecular flexibility index (Phi) is 5.82. The van der Waals surface area contributed by atoms with Crippen LogP contribution in [0.15, 0.2) is 53.4 Å². The van der Waals surface area contributed by atoms with Crippen molar-refractivity contribution in [2.24, 2.45) is 0 Å². The molecule has 7 heteroatoms. The van der Waals surface area contributed by atoms with Crippen LogP contribution in [-0.4, -0.2) is 45.2 Å². The average molecular weight is 388 g/mol.